The second-order valence-corrected chi connectivity index (χ2v) is 6.70. The van der Waals surface area contributed by atoms with Crippen LogP contribution in [0.1, 0.15) is 36.6 Å². The highest BCUT2D eigenvalue weighted by atomic mass is 35.5. The van der Waals surface area contributed by atoms with E-state index in [4.69, 9.17) is 22.1 Å². The van der Waals surface area contributed by atoms with Crippen LogP contribution in [0.3, 0.4) is 0 Å². The lowest BCUT2D eigenvalue weighted by molar-refractivity contribution is 0.407. The van der Waals surface area contributed by atoms with Crippen LogP contribution in [0.15, 0.2) is 18.2 Å². The maximum Gasteiger partial charge on any atom is 0.222 e. The Morgan fingerprint density at radius 3 is 2.81 bits per heavy atom. The van der Waals surface area contributed by atoms with Crippen LogP contribution >= 0.6 is 11.6 Å². The molecule has 27 heavy (non-hydrogen) atoms. The molecule has 0 aliphatic heterocycles. The normalized spacial score (nSPS) is 11.1. The van der Waals surface area contributed by atoms with Crippen LogP contribution in [-0.4, -0.2) is 33.4 Å². The summed E-state index contributed by atoms with van der Waals surface area (Å²) in [5.74, 6) is 2.18. The van der Waals surface area contributed by atoms with Gasteiger partial charge in [-0.3, -0.25) is 4.68 Å². The fraction of sp³-hybridized carbons (Fsp3) is 0.421. The highest BCUT2D eigenvalue weighted by Gasteiger charge is 2.17. The number of nitrogens with two attached hydrogens (primary N) is 1. The van der Waals surface area contributed by atoms with E-state index in [1.54, 1.807) is 7.11 Å². The summed E-state index contributed by atoms with van der Waals surface area (Å²) in [6.07, 6.45) is 2.14. The van der Waals surface area contributed by atoms with Gasteiger partial charge in [-0.05, 0) is 25.0 Å². The molecule has 0 amide bonds. The number of fused-ring (bicyclic) bond motifs is 1. The maximum atomic E-state index is 5.94. The van der Waals surface area contributed by atoms with Gasteiger partial charge in [0.1, 0.15) is 16.8 Å². The lowest BCUT2D eigenvalue weighted by Crippen LogP contribution is -2.10. The molecule has 0 fully saturated rings. The number of unbranched alkanes of at least 4 members (excludes halogenated alkanes) is 1. The number of anilines is 2. The van der Waals surface area contributed by atoms with Crippen molar-refractivity contribution in [3.63, 3.8) is 0 Å². The van der Waals surface area contributed by atoms with E-state index in [1.807, 2.05) is 29.8 Å². The molecule has 0 radical (unpaired) electrons. The quantitative estimate of drug-likeness (QED) is 0.451. The number of methoxy groups -OCH3 is 1. The Balaban J connectivity index is 2.04. The Morgan fingerprint density at radius 1 is 1.30 bits per heavy atom. The molecule has 0 unspecified atom stereocenters. The van der Waals surface area contributed by atoms with Gasteiger partial charge in [0.15, 0.2) is 5.82 Å². The molecule has 0 saturated heterocycles. The van der Waals surface area contributed by atoms with E-state index in [0.29, 0.717) is 18.2 Å². The number of aromatic nitrogens is 4. The van der Waals surface area contributed by atoms with Crippen LogP contribution in [0.5, 0.6) is 5.75 Å². The van der Waals surface area contributed by atoms with E-state index >= 15 is 0 Å². The van der Waals surface area contributed by atoms with Gasteiger partial charge in [0.25, 0.3) is 0 Å². The van der Waals surface area contributed by atoms with Crippen molar-refractivity contribution in [3.8, 4) is 5.75 Å². The third-order valence-electron chi connectivity index (χ3n) is 4.42. The summed E-state index contributed by atoms with van der Waals surface area (Å²) in [7, 11) is 1.66. The number of ether oxygens (including phenoxy) is 1. The van der Waals surface area contributed by atoms with E-state index in [2.05, 4.69) is 27.3 Å². The number of benzene rings is 1. The summed E-state index contributed by atoms with van der Waals surface area (Å²) in [5.41, 5.74) is 10.3. The molecule has 3 rings (SSSR count). The van der Waals surface area contributed by atoms with Gasteiger partial charge in [-0.25, -0.2) is 4.98 Å². The molecule has 2 heterocycles. The van der Waals surface area contributed by atoms with E-state index in [1.165, 1.54) is 0 Å². The van der Waals surface area contributed by atoms with Crippen molar-refractivity contribution in [2.24, 2.45) is 0 Å². The third-order valence-corrected chi connectivity index (χ3v) is 4.73. The van der Waals surface area contributed by atoms with Crippen LogP contribution in [0.4, 0.5) is 11.8 Å². The van der Waals surface area contributed by atoms with Crippen molar-refractivity contribution >= 4 is 34.4 Å². The fourth-order valence-corrected chi connectivity index (χ4v) is 3.20. The Bertz CT molecular complexity index is 940. The zero-order valence-electron chi connectivity index (χ0n) is 15.9. The van der Waals surface area contributed by atoms with Gasteiger partial charge in [0.05, 0.1) is 19.3 Å². The monoisotopic (exact) mass is 388 g/mol. The molecule has 7 nitrogen and oxygen atoms in total. The second kappa shape index (κ2) is 8.43. The molecule has 8 heteroatoms. The minimum absolute atomic E-state index is 0.244. The number of hydrogen-bond donors (Lipinski definition) is 2. The summed E-state index contributed by atoms with van der Waals surface area (Å²) >= 11 is 5.94. The first-order valence-corrected chi connectivity index (χ1v) is 9.57. The number of halogens is 1. The van der Waals surface area contributed by atoms with Crippen molar-refractivity contribution in [2.45, 2.75) is 39.1 Å². The molecule has 2 aromatic heterocycles. The summed E-state index contributed by atoms with van der Waals surface area (Å²) < 4.78 is 7.44. The summed E-state index contributed by atoms with van der Waals surface area (Å²) in [6.45, 7) is 5.43. The fourth-order valence-electron chi connectivity index (χ4n) is 3.03. The van der Waals surface area contributed by atoms with E-state index < -0.39 is 0 Å². The average Bonchev–Trinajstić information content (AvgIpc) is 2.97. The molecule has 0 saturated carbocycles. The highest BCUT2D eigenvalue weighted by Crippen LogP contribution is 2.27. The largest absolute Gasteiger partial charge is 0.496 e. The number of nitrogen functional groups attached to an aromatic ring is 1. The Labute approximate surface area is 163 Å². The maximum absolute atomic E-state index is 5.94. The summed E-state index contributed by atoms with van der Waals surface area (Å²) in [5, 5.41) is 8.05. The Hall–Kier alpha value is -2.54. The van der Waals surface area contributed by atoms with Gasteiger partial charge >= 0.3 is 0 Å². The standard InChI is InChI=1S/C19H25ClN6O/c1-4-5-8-22-18-17-16(23-19(21)24-18)12(2)25-26(17)11-14-7-6-13(10-20)9-15(14)27-3/h6-7,9H,4-5,8,10-11H2,1-3H3,(H3,21,22,23,24). The van der Waals surface area contributed by atoms with Crippen LogP contribution < -0.4 is 15.8 Å². The van der Waals surface area contributed by atoms with Gasteiger partial charge in [-0.2, -0.15) is 10.1 Å². The predicted octanol–water partition coefficient (Wildman–Crippen LogP) is 3.72. The molecule has 0 atom stereocenters. The molecular weight excluding hydrogens is 364 g/mol. The van der Waals surface area contributed by atoms with Crippen LogP contribution in [-0.2, 0) is 12.4 Å². The predicted molar refractivity (Wildman–Crippen MR) is 110 cm³/mol. The van der Waals surface area contributed by atoms with E-state index in [-0.39, 0.29) is 5.95 Å². The molecule has 144 valence electrons. The molecule has 1 aromatic carbocycles. The molecule has 0 aliphatic carbocycles. The number of aryl methyl sites for hydroxylation is 1. The van der Waals surface area contributed by atoms with Crippen LogP contribution in [0, 0.1) is 6.92 Å². The zero-order valence-corrected chi connectivity index (χ0v) is 16.7. The van der Waals surface area contributed by atoms with Crippen molar-refractivity contribution in [1.29, 1.82) is 0 Å². The lowest BCUT2D eigenvalue weighted by Gasteiger charge is -2.12. The molecule has 0 bridgehead atoms. The number of alkyl halides is 1. The molecule has 0 aliphatic rings. The number of hydrogen-bond acceptors (Lipinski definition) is 6. The molecule has 3 N–H and O–H groups in total. The zero-order chi connectivity index (χ0) is 19.4. The SMILES string of the molecule is CCCCNc1nc(N)nc2c(C)nn(Cc3ccc(CCl)cc3OC)c12. The topological polar surface area (TPSA) is 90.9 Å². The highest BCUT2D eigenvalue weighted by molar-refractivity contribution is 6.17. The van der Waals surface area contributed by atoms with Gasteiger partial charge in [-0.15, -0.1) is 11.6 Å². The van der Waals surface area contributed by atoms with Gasteiger partial charge in [-0.1, -0.05) is 25.5 Å². The van der Waals surface area contributed by atoms with Gasteiger partial charge < -0.3 is 15.8 Å². The molecule has 0 spiro atoms. The smallest absolute Gasteiger partial charge is 0.222 e. The van der Waals surface area contributed by atoms with Gasteiger partial charge in [0, 0.05) is 18.0 Å². The average molecular weight is 389 g/mol. The van der Waals surface area contributed by atoms with E-state index in [9.17, 15) is 0 Å². The number of nitrogens with zero attached hydrogens (tertiary/aromatic N) is 4. The van der Waals surface area contributed by atoms with Crippen molar-refractivity contribution in [2.75, 3.05) is 24.7 Å². The minimum atomic E-state index is 0.244. The summed E-state index contributed by atoms with van der Waals surface area (Å²) in [4.78, 5) is 8.80. The molecular formula is C19H25ClN6O. The van der Waals surface area contributed by atoms with Crippen molar-refractivity contribution in [3.05, 3.63) is 35.0 Å². The Kier molecular flexibility index (Phi) is 6.01. The number of rotatable bonds is 8. The van der Waals surface area contributed by atoms with E-state index in [0.717, 1.165) is 53.0 Å². The first-order chi connectivity index (χ1) is 13.1. The first kappa shape index (κ1) is 19.2. The third kappa shape index (κ3) is 4.08. The first-order valence-electron chi connectivity index (χ1n) is 9.03. The van der Waals surface area contributed by atoms with Crippen molar-refractivity contribution < 1.29 is 4.74 Å². The van der Waals surface area contributed by atoms with Crippen LogP contribution in [0.25, 0.3) is 11.0 Å². The molecule has 3 aromatic rings. The summed E-state index contributed by atoms with van der Waals surface area (Å²) in [6, 6.07) is 5.97. The van der Waals surface area contributed by atoms with Crippen LogP contribution in [0.2, 0.25) is 0 Å². The number of nitrogens with one attached hydrogen (secondary N) is 1. The van der Waals surface area contributed by atoms with Gasteiger partial charge in [0.2, 0.25) is 5.95 Å². The minimum Gasteiger partial charge on any atom is -0.496 e. The lowest BCUT2D eigenvalue weighted by atomic mass is 10.1. The van der Waals surface area contributed by atoms with Crippen molar-refractivity contribution in [1.82, 2.24) is 19.7 Å². The second-order valence-electron chi connectivity index (χ2n) is 6.43. The Morgan fingerprint density at radius 2 is 2.11 bits per heavy atom.